The summed E-state index contributed by atoms with van der Waals surface area (Å²) in [5.41, 5.74) is 4.01. The maximum atomic E-state index is 12.8. The lowest BCUT2D eigenvalue weighted by Crippen LogP contribution is -2.10. The van der Waals surface area contributed by atoms with Gasteiger partial charge in [-0.05, 0) is 30.7 Å². The number of aromatic nitrogens is 2. The van der Waals surface area contributed by atoms with Crippen LogP contribution in [0.1, 0.15) is 49.4 Å². The summed E-state index contributed by atoms with van der Waals surface area (Å²) in [5, 5.41) is 8.01. The van der Waals surface area contributed by atoms with Gasteiger partial charge in [-0.1, -0.05) is 56.3 Å². The van der Waals surface area contributed by atoms with Gasteiger partial charge in [0.25, 0.3) is 5.89 Å². The molecule has 2 aromatic carbocycles. The number of fused-ring (bicyclic) bond motifs is 1. The highest BCUT2D eigenvalue weighted by molar-refractivity contribution is 6.05. The van der Waals surface area contributed by atoms with Gasteiger partial charge in [-0.2, -0.15) is 4.98 Å². The molecule has 0 bridgehead atoms. The summed E-state index contributed by atoms with van der Waals surface area (Å²) in [6.45, 7) is 7.97. The Morgan fingerprint density at radius 1 is 1.16 bits per heavy atom. The van der Waals surface area contributed by atoms with E-state index < -0.39 is 0 Å². The fourth-order valence-electron chi connectivity index (χ4n) is 3.48. The molecule has 2 heterocycles. The summed E-state index contributed by atoms with van der Waals surface area (Å²) in [7, 11) is 0. The molecule has 0 fully saturated rings. The van der Waals surface area contributed by atoms with Gasteiger partial charge in [0.15, 0.2) is 5.82 Å². The smallest absolute Gasteiger partial charge is 0.260 e. The first kappa shape index (κ1) is 20.6. The van der Waals surface area contributed by atoms with Crippen LogP contribution in [0.5, 0.6) is 0 Å². The molecule has 6 nitrogen and oxygen atoms in total. The molecule has 6 heteroatoms. The van der Waals surface area contributed by atoms with Gasteiger partial charge in [-0.3, -0.25) is 4.79 Å². The molecule has 0 spiro atoms. The summed E-state index contributed by atoms with van der Waals surface area (Å²) in [6.07, 6.45) is 4.08. The lowest BCUT2D eigenvalue weighted by molar-refractivity contribution is -0.111. The standard InChI is InChI=1S/C25H25N3O3/c1-5-20-18(17-10-6-7-12-21(17)30-20)13-14-22(29)26-23-16(4)9-8-11-19(23)25-27-24(15(2)3)28-31-25/h6-15H,5H2,1-4H3,(H,26,29)/b14-13+. The molecule has 0 aliphatic rings. The van der Waals surface area contributed by atoms with Gasteiger partial charge in [-0.15, -0.1) is 0 Å². The molecule has 4 aromatic rings. The molecule has 0 aliphatic carbocycles. The number of hydrogen-bond acceptors (Lipinski definition) is 5. The Balaban J connectivity index is 1.62. The van der Waals surface area contributed by atoms with Crippen molar-refractivity contribution in [1.82, 2.24) is 10.1 Å². The van der Waals surface area contributed by atoms with Gasteiger partial charge < -0.3 is 14.3 Å². The van der Waals surface area contributed by atoms with Crippen molar-refractivity contribution in [1.29, 1.82) is 0 Å². The number of anilines is 1. The third kappa shape index (κ3) is 4.14. The van der Waals surface area contributed by atoms with Crippen molar-refractivity contribution in [2.45, 2.75) is 40.0 Å². The first-order valence-corrected chi connectivity index (χ1v) is 10.4. The van der Waals surface area contributed by atoms with E-state index in [1.165, 1.54) is 6.08 Å². The highest BCUT2D eigenvalue weighted by atomic mass is 16.5. The second-order valence-electron chi connectivity index (χ2n) is 7.72. The number of aryl methyl sites for hydroxylation is 2. The molecule has 0 aliphatic heterocycles. The number of carbonyl (C=O) groups is 1. The van der Waals surface area contributed by atoms with Crippen molar-refractivity contribution >= 4 is 28.6 Å². The second-order valence-corrected chi connectivity index (χ2v) is 7.72. The molecule has 0 radical (unpaired) electrons. The van der Waals surface area contributed by atoms with E-state index in [2.05, 4.69) is 15.5 Å². The first-order valence-electron chi connectivity index (χ1n) is 10.4. The summed E-state index contributed by atoms with van der Waals surface area (Å²) < 4.78 is 11.3. The minimum Gasteiger partial charge on any atom is -0.460 e. The number of benzene rings is 2. The molecular weight excluding hydrogens is 390 g/mol. The Labute approximate surface area is 181 Å². The van der Waals surface area contributed by atoms with Crippen molar-refractivity contribution in [3.63, 3.8) is 0 Å². The number of carbonyl (C=O) groups excluding carboxylic acids is 1. The van der Waals surface area contributed by atoms with E-state index in [-0.39, 0.29) is 11.8 Å². The lowest BCUT2D eigenvalue weighted by Gasteiger charge is -2.10. The average Bonchev–Trinajstić information content (AvgIpc) is 3.38. The number of hydrogen-bond donors (Lipinski definition) is 1. The highest BCUT2D eigenvalue weighted by Gasteiger charge is 2.17. The van der Waals surface area contributed by atoms with Crippen LogP contribution in [0.4, 0.5) is 5.69 Å². The predicted octanol–water partition coefficient (Wildman–Crippen LogP) is 6.13. The maximum Gasteiger partial charge on any atom is 0.260 e. The van der Waals surface area contributed by atoms with E-state index in [0.717, 1.165) is 34.3 Å². The number of amides is 1. The third-order valence-corrected chi connectivity index (χ3v) is 5.14. The summed E-state index contributed by atoms with van der Waals surface area (Å²) >= 11 is 0. The third-order valence-electron chi connectivity index (χ3n) is 5.14. The van der Waals surface area contributed by atoms with Gasteiger partial charge >= 0.3 is 0 Å². The lowest BCUT2D eigenvalue weighted by atomic mass is 10.1. The van der Waals surface area contributed by atoms with Crippen LogP contribution >= 0.6 is 0 Å². The van der Waals surface area contributed by atoms with Crippen LogP contribution in [0.3, 0.4) is 0 Å². The van der Waals surface area contributed by atoms with Crippen LogP contribution in [0.25, 0.3) is 28.5 Å². The van der Waals surface area contributed by atoms with Crippen LogP contribution < -0.4 is 5.32 Å². The van der Waals surface area contributed by atoms with Crippen molar-refractivity contribution in [2.24, 2.45) is 0 Å². The Morgan fingerprint density at radius 2 is 1.97 bits per heavy atom. The highest BCUT2D eigenvalue weighted by Crippen LogP contribution is 2.31. The molecule has 1 N–H and O–H groups in total. The van der Waals surface area contributed by atoms with Crippen LogP contribution in [-0.2, 0) is 11.2 Å². The van der Waals surface area contributed by atoms with Crippen LogP contribution in [0.2, 0.25) is 0 Å². The Morgan fingerprint density at radius 3 is 2.71 bits per heavy atom. The summed E-state index contributed by atoms with van der Waals surface area (Å²) in [6, 6.07) is 13.5. The van der Waals surface area contributed by atoms with Crippen LogP contribution in [0.15, 0.2) is 57.5 Å². The van der Waals surface area contributed by atoms with E-state index in [1.54, 1.807) is 0 Å². The Kier molecular flexibility index (Phi) is 5.71. The van der Waals surface area contributed by atoms with Gasteiger partial charge in [0.2, 0.25) is 5.91 Å². The van der Waals surface area contributed by atoms with E-state index >= 15 is 0 Å². The van der Waals surface area contributed by atoms with E-state index in [9.17, 15) is 4.79 Å². The maximum absolute atomic E-state index is 12.8. The van der Waals surface area contributed by atoms with Crippen LogP contribution in [0, 0.1) is 6.92 Å². The number of rotatable bonds is 6. The zero-order valence-corrected chi connectivity index (χ0v) is 18.1. The fourth-order valence-corrected chi connectivity index (χ4v) is 3.48. The van der Waals surface area contributed by atoms with E-state index in [1.807, 2.05) is 76.2 Å². The largest absolute Gasteiger partial charge is 0.460 e. The van der Waals surface area contributed by atoms with Crippen molar-refractivity contribution in [3.05, 3.63) is 71.3 Å². The molecule has 0 saturated carbocycles. The minimum atomic E-state index is -0.244. The SMILES string of the molecule is CCc1oc2ccccc2c1/C=C/C(=O)Nc1c(C)cccc1-c1nc(C(C)C)no1. The number of furan rings is 1. The van der Waals surface area contributed by atoms with Crippen molar-refractivity contribution in [3.8, 4) is 11.5 Å². The minimum absolute atomic E-state index is 0.154. The summed E-state index contributed by atoms with van der Waals surface area (Å²) in [4.78, 5) is 17.3. The topological polar surface area (TPSA) is 81.2 Å². The van der Waals surface area contributed by atoms with Gasteiger partial charge in [0, 0.05) is 29.4 Å². The molecule has 4 rings (SSSR count). The molecule has 0 unspecified atom stereocenters. The quantitative estimate of drug-likeness (QED) is 0.383. The normalized spacial score (nSPS) is 11.6. The van der Waals surface area contributed by atoms with E-state index in [4.69, 9.17) is 8.94 Å². The molecule has 158 valence electrons. The zero-order chi connectivity index (χ0) is 22.0. The van der Waals surface area contributed by atoms with Gasteiger partial charge in [0.05, 0.1) is 11.3 Å². The monoisotopic (exact) mass is 415 g/mol. The number of nitrogens with zero attached hydrogens (tertiary/aromatic N) is 2. The fraction of sp³-hybridized carbons (Fsp3) is 0.240. The average molecular weight is 415 g/mol. The Bertz CT molecular complexity index is 1260. The molecule has 1 amide bonds. The van der Waals surface area contributed by atoms with Gasteiger partial charge in [-0.25, -0.2) is 0 Å². The zero-order valence-electron chi connectivity index (χ0n) is 18.1. The molecule has 2 aromatic heterocycles. The van der Waals surface area contributed by atoms with Gasteiger partial charge in [0.1, 0.15) is 11.3 Å². The molecule has 0 saturated heterocycles. The predicted molar refractivity (Wildman–Crippen MR) is 122 cm³/mol. The van der Waals surface area contributed by atoms with E-state index in [0.29, 0.717) is 23.0 Å². The molecule has 31 heavy (non-hydrogen) atoms. The second kappa shape index (κ2) is 8.60. The molecule has 0 atom stereocenters. The number of para-hydroxylation sites is 2. The summed E-state index contributed by atoms with van der Waals surface area (Å²) in [5.74, 6) is 1.79. The van der Waals surface area contributed by atoms with Crippen LogP contribution in [-0.4, -0.2) is 16.0 Å². The van der Waals surface area contributed by atoms with Crippen molar-refractivity contribution in [2.75, 3.05) is 5.32 Å². The molecular formula is C25H25N3O3. The number of nitrogens with one attached hydrogen (secondary N) is 1. The Hall–Kier alpha value is -3.67. The van der Waals surface area contributed by atoms with Crippen molar-refractivity contribution < 1.29 is 13.7 Å². The first-order chi connectivity index (χ1) is 15.0.